The van der Waals surface area contributed by atoms with Gasteiger partial charge in [0.25, 0.3) is 5.91 Å². The smallest absolute Gasteiger partial charge is 0.291 e. The molecule has 27 heavy (non-hydrogen) atoms. The van der Waals surface area contributed by atoms with Gasteiger partial charge in [0.05, 0.1) is 25.2 Å². The van der Waals surface area contributed by atoms with Crippen LogP contribution in [0.1, 0.15) is 23.2 Å². The van der Waals surface area contributed by atoms with Gasteiger partial charge in [-0.15, -0.1) is 0 Å². The number of aromatic nitrogens is 2. The van der Waals surface area contributed by atoms with Gasteiger partial charge in [-0.25, -0.2) is 4.68 Å². The number of carbonyl (C=O) groups is 1. The van der Waals surface area contributed by atoms with Crippen LogP contribution < -0.4 is 14.8 Å². The highest BCUT2D eigenvalue weighted by molar-refractivity contribution is 6.02. The molecule has 8 nitrogen and oxygen atoms in total. The van der Waals surface area contributed by atoms with Crippen LogP contribution in [-0.4, -0.2) is 29.4 Å². The monoisotopic (exact) mass is 371 g/mol. The molecule has 1 N–H and O–H groups in total. The van der Waals surface area contributed by atoms with Gasteiger partial charge in [0.2, 0.25) is 0 Å². The molecule has 3 aromatic rings. The third-order valence-corrected chi connectivity index (χ3v) is 3.64. The van der Waals surface area contributed by atoms with Crippen molar-refractivity contribution in [1.29, 1.82) is 0 Å². The molecule has 1 amide bonds. The number of para-hydroxylation sites is 2. The minimum atomic E-state index is -0.366. The van der Waals surface area contributed by atoms with E-state index in [1.165, 1.54) is 0 Å². The first-order chi connectivity index (χ1) is 13.2. The lowest BCUT2D eigenvalue weighted by molar-refractivity contribution is 0.0792. The molecule has 0 spiro atoms. The second-order valence-corrected chi connectivity index (χ2v) is 5.55. The number of hydrogen-bond donors (Lipinski definition) is 1. The Kier molecular flexibility index (Phi) is 6.11. The predicted molar refractivity (Wildman–Crippen MR) is 97.8 cm³/mol. The fraction of sp³-hybridized carbons (Fsp3) is 0.263. The SMILES string of the molecule is CCOCn1cc(NC(=O)c2ccc(COc3ccccc3OC)o2)cn1. The van der Waals surface area contributed by atoms with Crippen molar-refractivity contribution in [3.63, 3.8) is 0 Å². The second-order valence-electron chi connectivity index (χ2n) is 5.55. The Bertz CT molecular complexity index is 887. The maximum absolute atomic E-state index is 12.3. The number of methoxy groups -OCH3 is 1. The van der Waals surface area contributed by atoms with Crippen LogP contribution >= 0.6 is 0 Å². The molecule has 0 saturated carbocycles. The van der Waals surface area contributed by atoms with E-state index in [9.17, 15) is 4.79 Å². The Morgan fingerprint density at radius 2 is 2.04 bits per heavy atom. The van der Waals surface area contributed by atoms with Gasteiger partial charge >= 0.3 is 0 Å². The van der Waals surface area contributed by atoms with Crippen LogP contribution in [0.15, 0.2) is 53.2 Å². The zero-order valence-electron chi connectivity index (χ0n) is 15.2. The number of ether oxygens (including phenoxy) is 3. The molecule has 142 valence electrons. The molecule has 0 fully saturated rings. The molecule has 0 aliphatic carbocycles. The van der Waals surface area contributed by atoms with Gasteiger partial charge < -0.3 is 23.9 Å². The molecule has 3 rings (SSSR count). The second kappa shape index (κ2) is 8.91. The van der Waals surface area contributed by atoms with Crippen molar-refractivity contribution in [3.05, 3.63) is 60.3 Å². The number of amides is 1. The lowest BCUT2D eigenvalue weighted by Gasteiger charge is -2.08. The van der Waals surface area contributed by atoms with E-state index in [0.717, 1.165) is 0 Å². The van der Waals surface area contributed by atoms with Crippen molar-refractivity contribution in [3.8, 4) is 11.5 Å². The highest BCUT2D eigenvalue weighted by Gasteiger charge is 2.13. The number of anilines is 1. The fourth-order valence-electron chi connectivity index (χ4n) is 2.34. The fourth-order valence-corrected chi connectivity index (χ4v) is 2.34. The van der Waals surface area contributed by atoms with Gasteiger partial charge in [0.1, 0.15) is 19.1 Å². The van der Waals surface area contributed by atoms with E-state index in [4.69, 9.17) is 18.6 Å². The van der Waals surface area contributed by atoms with Crippen LogP contribution in [0.25, 0.3) is 0 Å². The van der Waals surface area contributed by atoms with Crippen molar-refractivity contribution in [2.75, 3.05) is 19.0 Å². The van der Waals surface area contributed by atoms with Crippen LogP contribution in [-0.2, 0) is 18.1 Å². The summed E-state index contributed by atoms with van der Waals surface area (Å²) in [6, 6.07) is 10.6. The van der Waals surface area contributed by atoms with Gasteiger partial charge in [0.15, 0.2) is 17.3 Å². The Morgan fingerprint density at radius 1 is 1.22 bits per heavy atom. The Balaban J connectivity index is 1.56. The number of benzene rings is 1. The summed E-state index contributed by atoms with van der Waals surface area (Å²) in [5.74, 6) is 1.58. The van der Waals surface area contributed by atoms with E-state index in [-0.39, 0.29) is 18.3 Å². The van der Waals surface area contributed by atoms with Crippen LogP contribution in [0.3, 0.4) is 0 Å². The number of nitrogens with zero attached hydrogens (tertiary/aromatic N) is 2. The number of rotatable bonds is 9. The van der Waals surface area contributed by atoms with Crippen molar-refractivity contribution in [2.45, 2.75) is 20.3 Å². The first kappa shape index (κ1) is 18.5. The average molecular weight is 371 g/mol. The molecular formula is C19H21N3O5. The minimum absolute atomic E-state index is 0.180. The molecule has 0 bridgehead atoms. The molecule has 0 unspecified atom stereocenters. The van der Waals surface area contributed by atoms with Crippen molar-refractivity contribution < 1.29 is 23.4 Å². The summed E-state index contributed by atoms with van der Waals surface area (Å²) in [5, 5.41) is 6.83. The third-order valence-electron chi connectivity index (χ3n) is 3.64. The number of carbonyl (C=O) groups excluding carboxylic acids is 1. The summed E-state index contributed by atoms with van der Waals surface area (Å²) in [5.41, 5.74) is 0.558. The highest BCUT2D eigenvalue weighted by Crippen LogP contribution is 2.26. The van der Waals surface area contributed by atoms with Crippen molar-refractivity contribution >= 4 is 11.6 Å². The summed E-state index contributed by atoms with van der Waals surface area (Å²) in [7, 11) is 1.58. The number of furan rings is 1. The molecule has 2 heterocycles. The molecule has 0 atom stereocenters. The Hall–Kier alpha value is -3.26. The topological polar surface area (TPSA) is 87.8 Å². The predicted octanol–water partition coefficient (Wildman–Crippen LogP) is 3.31. The Morgan fingerprint density at radius 3 is 2.81 bits per heavy atom. The highest BCUT2D eigenvalue weighted by atomic mass is 16.5. The average Bonchev–Trinajstić information content (AvgIpc) is 3.34. The van der Waals surface area contributed by atoms with Gasteiger partial charge in [-0.1, -0.05) is 12.1 Å². The molecular weight excluding hydrogens is 350 g/mol. The maximum atomic E-state index is 12.3. The van der Waals surface area contributed by atoms with Crippen LogP contribution in [0.2, 0.25) is 0 Å². The van der Waals surface area contributed by atoms with E-state index in [1.807, 2.05) is 25.1 Å². The largest absolute Gasteiger partial charge is 0.493 e. The molecule has 8 heteroatoms. The molecule has 0 aliphatic rings. The summed E-state index contributed by atoms with van der Waals surface area (Å²) < 4.78 is 23.3. The van der Waals surface area contributed by atoms with Crippen LogP contribution in [0.4, 0.5) is 5.69 Å². The van der Waals surface area contributed by atoms with E-state index < -0.39 is 0 Å². The zero-order chi connectivity index (χ0) is 19.1. The quantitative estimate of drug-likeness (QED) is 0.621. The zero-order valence-corrected chi connectivity index (χ0v) is 15.2. The summed E-state index contributed by atoms with van der Waals surface area (Å²) >= 11 is 0. The van der Waals surface area contributed by atoms with E-state index >= 15 is 0 Å². The number of hydrogen-bond acceptors (Lipinski definition) is 6. The summed E-state index contributed by atoms with van der Waals surface area (Å²) in [6.07, 6.45) is 3.23. The Labute approximate surface area is 156 Å². The van der Waals surface area contributed by atoms with Gasteiger partial charge in [-0.3, -0.25) is 4.79 Å². The van der Waals surface area contributed by atoms with Gasteiger partial charge in [-0.2, -0.15) is 5.10 Å². The molecule has 0 saturated heterocycles. The van der Waals surface area contributed by atoms with E-state index in [1.54, 1.807) is 42.4 Å². The molecule has 0 radical (unpaired) electrons. The number of nitrogens with one attached hydrogen (secondary N) is 1. The van der Waals surface area contributed by atoms with Crippen LogP contribution in [0, 0.1) is 0 Å². The summed E-state index contributed by atoms with van der Waals surface area (Å²) in [6.45, 7) is 3.00. The van der Waals surface area contributed by atoms with Gasteiger partial charge in [-0.05, 0) is 31.2 Å². The van der Waals surface area contributed by atoms with E-state index in [0.29, 0.717) is 36.3 Å². The summed E-state index contributed by atoms with van der Waals surface area (Å²) in [4.78, 5) is 12.3. The molecule has 0 aliphatic heterocycles. The standard InChI is InChI=1S/C19H21N3O5/c1-3-25-13-22-11-14(10-20-22)21-19(23)18-9-8-15(27-18)12-26-17-7-5-4-6-16(17)24-2/h4-11H,3,12-13H2,1-2H3,(H,21,23). The first-order valence-corrected chi connectivity index (χ1v) is 8.45. The first-order valence-electron chi connectivity index (χ1n) is 8.45. The normalized spacial score (nSPS) is 10.6. The molecule has 1 aromatic carbocycles. The maximum Gasteiger partial charge on any atom is 0.291 e. The van der Waals surface area contributed by atoms with Crippen molar-refractivity contribution in [1.82, 2.24) is 9.78 Å². The van der Waals surface area contributed by atoms with Crippen LogP contribution in [0.5, 0.6) is 11.5 Å². The third kappa shape index (κ3) is 4.89. The lowest BCUT2D eigenvalue weighted by atomic mass is 10.3. The minimum Gasteiger partial charge on any atom is -0.493 e. The lowest BCUT2D eigenvalue weighted by Crippen LogP contribution is -2.10. The van der Waals surface area contributed by atoms with E-state index in [2.05, 4.69) is 10.4 Å². The van der Waals surface area contributed by atoms with Crippen molar-refractivity contribution in [2.24, 2.45) is 0 Å². The van der Waals surface area contributed by atoms with Gasteiger partial charge in [0, 0.05) is 6.61 Å². The molecule has 2 aromatic heterocycles.